The van der Waals surface area contributed by atoms with Gasteiger partial charge in [-0.2, -0.15) is 0 Å². The number of nitrogens with one attached hydrogen (secondary N) is 1. The number of hydrogen-bond acceptors (Lipinski definition) is 5. The lowest BCUT2D eigenvalue weighted by atomic mass is 10.1. The summed E-state index contributed by atoms with van der Waals surface area (Å²) in [6, 6.07) is 10.5. The summed E-state index contributed by atoms with van der Waals surface area (Å²) >= 11 is 0. The van der Waals surface area contributed by atoms with E-state index in [1.807, 2.05) is 25.1 Å². The van der Waals surface area contributed by atoms with Crippen molar-refractivity contribution in [3.8, 4) is 0 Å². The van der Waals surface area contributed by atoms with Crippen molar-refractivity contribution < 1.29 is 9.53 Å². The van der Waals surface area contributed by atoms with Gasteiger partial charge in [0, 0.05) is 5.69 Å². The van der Waals surface area contributed by atoms with Gasteiger partial charge in [-0.25, -0.2) is 9.98 Å². The van der Waals surface area contributed by atoms with Gasteiger partial charge in [0.2, 0.25) is 0 Å². The van der Waals surface area contributed by atoms with Crippen LogP contribution >= 0.6 is 0 Å². The first-order valence-electron chi connectivity index (χ1n) is 6.99. The van der Waals surface area contributed by atoms with E-state index in [2.05, 4.69) is 15.3 Å². The van der Waals surface area contributed by atoms with Gasteiger partial charge >= 0.3 is 0 Å². The molecule has 1 aromatic carbocycles. The Bertz CT molecular complexity index is 713. The third-order valence-electron chi connectivity index (χ3n) is 3.18. The largest absolute Gasteiger partial charge is 0.469 e. The van der Waals surface area contributed by atoms with Gasteiger partial charge in [0.15, 0.2) is 0 Å². The minimum absolute atomic E-state index is 0.109. The SMILES string of the molecule is CO/C(N)=N/C(C)c1cccc(NC(=O)c2ccc(N)cn2)c1. The van der Waals surface area contributed by atoms with Crippen molar-refractivity contribution in [1.29, 1.82) is 0 Å². The fraction of sp³-hybridized carbons (Fsp3) is 0.188. The van der Waals surface area contributed by atoms with E-state index in [0.29, 0.717) is 17.1 Å². The van der Waals surface area contributed by atoms with E-state index < -0.39 is 0 Å². The van der Waals surface area contributed by atoms with Crippen molar-refractivity contribution in [2.45, 2.75) is 13.0 Å². The average molecular weight is 313 g/mol. The number of carbonyl (C=O) groups excluding carboxylic acids is 1. The number of rotatable bonds is 4. The number of nitrogens with two attached hydrogens (primary N) is 2. The Morgan fingerprint density at radius 3 is 2.78 bits per heavy atom. The minimum Gasteiger partial charge on any atom is -0.469 e. The molecule has 1 heterocycles. The first kappa shape index (κ1) is 16.3. The smallest absolute Gasteiger partial charge is 0.282 e. The zero-order chi connectivity index (χ0) is 16.8. The van der Waals surface area contributed by atoms with Gasteiger partial charge in [-0.05, 0) is 36.8 Å². The highest BCUT2D eigenvalue weighted by atomic mass is 16.5. The number of amidine groups is 1. The summed E-state index contributed by atoms with van der Waals surface area (Å²) in [6.07, 6.45) is 1.44. The van der Waals surface area contributed by atoms with E-state index in [0.717, 1.165) is 5.56 Å². The molecule has 2 aromatic rings. The van der Waals surface area contributed by atoms with Crippen LogP contribution in [0, 0.1) is 0 Å². The molecule has 1 atom stereocenters. The van der Waals surface area contributed by atoms with Crippen LogP contribution in [0.1, 0.15) is 29.0 Å². The molecule has 120 valence electrons. The maximum absolute atomic E-state index is 12.1. The number of methoxy groups -OCH3 is 1. The molecular formula is C16H19N5O2. The van der Waals surface area contributed by atoms with E-state index in [4.69, 9.17) is 16.2 Å². The molecular weight excluding hydrogens is 294 g/mol. The normalized spacial score (nSPS) is 12.5. The monoisotopic (exact) mass is 313 g/mol. The second-order valence-corrected chi connectivity index (χ2v) is 4.90. The highest BCUT2D eigenvalue weighted by Crippen LogP contribution is 2.20. The predicted octanol–water partition coefficient (Wildman–Crippen LogP) is 1.94. The lowest BCUT2D eigenvalue weighted by molar-refractivity contribution is 0.102. The van der Waals surface area contributed by atoms with Crippen molar-refractivity contribution in [3.05, 3.63) is 53.9 Å². The summed E-state index contributed by atoms with van der Waals surface area (Å²) in [5.74, 6) is -0.310. The molecule has 5 N–H and O–H groups in total. The Labute approximate surface area is 134 Å². The number of aliphatic imine (C=N–C) groups is 1. The van der Waals surface area contributed by atoms with Gasteiger partial charge in [0.1, 0.15) is 5.69 Å². The molecule has 0 spiro atoms. The van der Waals surface area contributed by atoms with Gasteiger partial charge in [0.05, 0.1) is 25.0 Å². The van der Waals surface area contributed by atoms with Gasteiger partial charge in [-0.15, -0.1) is 0 Å². The standard InChI is InChI=1S/C16H19N5O2/c1-10(20-16(18)23-2)11-4-3-5-13(8-11)21-15(22)14-7-6-12(17)9-19-14/h3-10H,17H2,1-2H3,(H2,18,20)(H,21,22). The van der Waals surface area contributed by atoms with Crippen LogP contribution in [0.15, 0.2) is 47.6 Å². The van der Waals surface area contributed by atoms with Crippen molar-refractivity contribution in [3.63, 3.8) is 0 Å². The molecule has 0 aliphatic carbocycles. The zero-order valence-corrected chi connectivity index (χ0v) is 13.0. The number of amides is 1. The van der Waals surface area contributed by atoms with Gasteiger partial charge in [-0.1, -0.05) is 12.1 Å². The molecule has 2 rings (SSSR count). The van der Waals surface area contributed by atoms with Crippen molar-refractivity contribution in [1.82, 2.24) is 4.98 Å². The highest BCUT2D eigenvalue weighted by molar-refractivity contribution is 6.02. The third-order valence-corrected chi connectivity index (χ3v) is 3.18. The number of anilines is 2. The number of hydrogen-bond donors (Lipinski definition) is 3. The molecule has 0 aliphatic rings. The third kappa shape index (κ3) is 4.44. The summed E-state index contributed by atoms with van der Waals surface area (Å²) in [5.41, 5.74) is 13.5. The van der Waals surface area contributed by atoms with Gasteiger partial charge < -0.3 is 21.5 Å². The maximum atomic E-state index is 12.1. The van der Waals surface area contributed by atoms with Crippen molar-refractivity contribution in [2.24, 2.45) is 10.7 Å². The topological polar surface area (TPSA) is 116 Å². The Morgan fingerprint density at radius 1 is 1.35 bits per heavy atom. The Hall–Kier alpha value is -3.09. The van der Waals surface area contributed by atoms with Crippen LogP contribution in [-0.2, 0) is 4.74 Å². The molecule has 0 bridgehead atoms. The minimum atomic E-state index is -0.310. The first-order valence-corrected chi connectivity index (χ1v) is 6.99. The molecule has 0 saturated carbocycles. The average Bonchev–Trinajstić information content (AvgIpc) is 2.55. The van der Waals surface area contributed by atoms with Crippen LogP contribution < -0.4 is 16.8 Å². The summed E-state index contributed by atoms with van der Waals surface area (Å²) in [7, 11) is 1.46. The molecule has 7 heteroatoms. The van der Waals surface area contributed by atoms with Crippen molar-refractivity contribution >= 4 is 23.3 Å². The predicted molar refractivity (Wildman–Crippen MR) is 90.1 cm³/mol. The molecule has 0 saturated heterocycles. The lowest BCUT2D eigenvalue weighted by Gasteiger charge is -2.11. The van der Waals surface area contributed by atoms with E-state index in [1.54, 1.807) is 18.2 Å². The number of ether oxygens (including phenoxy) is 1. The molecule has 0 fully saturated rings. The number of nitrogen functional groups attached to an aromatic ring is 1. The van der Waals surface area contributed by atoms with Crippen LogP contribution in [0.4, 0.5) is 11.4 Å². The van der Waals surface area contributed by atoms with Crippen LogP contribution in [0.3, 0.4) is 0 Å². The highest BCUT2D eigenvalue weighted by Gasteiger charge is 2.10. The molecule has 1 amide bonds. The Balaban J connectivity index is 2.13. The Morgan fingerprint density at radius 2 is 2.13 bits per heavy atom. The van der Waals surface area contributed by atoms with Gasteiger partial charge in [0.25, 0.3) is 11.9 Å². The fourth-order valence-electron chi connectivity index (χ4n) is 1.93. The number of nitrogens with zero attached hydrogens (tertiary/aromatic N) is 2. The molecule has 7 nitrogen and oxygen atoms in total. The number of pyridine rings is 1. The second kappa shape index (κ2) is 7.26. The van der Waals surface area contributed by atoms with E-state index >= 15 is 0 Å². The number of benzene rings is 1. The van der Waals surface area contributed by atoms with Crippen molar-refractivity contribution in [2.75, 3.05) is 18.2 Å². The quantitative estimate of drug-likeness (QED) is 0.589. The summed E-state index contributed by atoms with van der Waals surface area (Å²) < 4.78 is 4.84. The molecule has 0 radical (unpaired) electrons. The fourth-order valence-corrected chi connectivity index (χ4v) is 1.93. The van der Waals surface area contributed by atoms with Crippen LogP contribution in [0.5, 0.6) is 0 Å². The first-order chi connectivity index (χ1) is 11.0. The van der Waals surface area contributed by atoms with E-state index in [-0.39, 0.29) is 18.0 Å². The maximum Gasteiger partial charge on any atom is 0.282 e. The molecule has 1 aromatic heterocycles. The Kier molecular flexibility index (Phi) is 5.14. The van der Waals surface area contributed by atoms with Crippen LogP contribution in [0.25, 0.3) is 0 Å². The van der Waals surface area contributed by atoms with Gasteiger partial charge in [-0.3, -0.25) is 4.79 Å². The van der Waals surface area contributed by atoms with E-state index in [9.17, 15) is 4.79 Å². The van der Waals surface area contributed by atoms with Crippen LogP contribution in [0.2, 0.25) is 0 Å². The summed E-state index contributed by atoms with van der Waals surface area (Å²) in [5, 5.41) is 2.79. The zero-order valence-electron chi connectivity index (χ0n) is 13.0. The summed E-state index contributed by atoms with van der Waals surface area (Å²) in [6.45, 7) is 1.88. The number of carbonyl (C=O) groups is 1. The molecule has 23 heavy (non-hydrogen) atoms. The van der Waals surface area contributed by atoms with Crippen LogP contribution in [-0.4, -0.2) is 24.0 Å². The molecule has 0 aliphatic heterocycles. The number of aromatic nitrogens is 1. The lowest BCUT2D eigenvalue weighted by Crippen LogP contribution is -2.15. The summed E-state index contributed by atoms with van der Waals surface area (Å²) in [4.78, 5) is 20.3. The molecule has 1 unspecified atom stereocenters. The van der Waals surface area contributed by atoms with E-state index in [1.165, 1.54) is 13.3 Å². The second-order valence-electron chi connectivity index (χ2n) is 4.90.